The van der Waals surface area contributed by atoms with Crippen molar-refractivity contribution in [2.24, 2.45) is 5.92 Å². The summed E-state index contributed by atoms with van der Waals surface area (Å²) < 4.78 is 36.9. The summed E-state index contributed by atoms with van der Waals surface area (Å²) in [7, 11) is 0. The van der Waals surface area contributed by atoms with Crippen molar-refractivity contribution in [3.05, 3.63) is 12.2 Å². The molecule has 0 atom stereocenters. The summed E-state index contributed by atoms with van der Waals surface area (Å²) in [5.74, 6) is -1.56. The van der Waals surface area contributed by atoms with E-state index in [0.717, 1.165) is 17.7 Å². The van der Waals surface area contributed by atoms with E-state index in [1.54, 1.807) is 0 Å². The van der Waals surface area contributed by atoms with E-state index < -0.39 is 12.1 Å². The highest BCUT2D eigenvalue weighted by atomic mass is 19.4. The van der Waals surface area contributed by atoms with Crippen molar-refractivity contribution in [2.45, 2.75) is 31.9 Å². The molecule has 2 amide bonds. The highest BCUT2D eigenvalue weighted by Gasteiger charge is 2.43. The Morgan fingerprint density at radius 1 is 0.952 bits per heavy atom. The van der Waals surface area contributed by atoms with Crippen LogP contribution in [0.25, 0.3) is 0 Å². The number of rotatable bonds is 2. The van der Waals surface area contributed by atoms with Crippen LogP contribution in [0.3, 0.4) is 0 Å². The fourth-order valence-corrected chi connectivity index (χ4v) is 2.78. The number of carbonyl (C=O) groups excluding carboxylic acids is 2. The lowest BCUT2D eigenvalue weighted by Crippen LogP contribution is -2.53. The van der Waals surface area contributed by atoms with Gasteiger partial charge in [-0.05, 0) is 24.8 Å². The lowest BCUT2D eigenvalue weighted by Gasteiger charge is -2.34. The van der Waals surface area contributed by atoms with Gasteiger partial charge in [-0.2, -0.15) is 13.2 Å². The summed E-state index contributed by atoms with van der Waals surface area (Å²) in [6.07, 6.45) is 3.15. The lowest BCUT2D eigenvalue weighted by molar-refractivity contribution is -0.187. The van der Waals surface area contributed by atoms with Gasteiger partial charge in [-0.3, -0.25) is 9.59 Å². The Balaban J connectivity index is 1.80. The third-order valence-corrected chi connectivity index (χ3v) is 4.03. The van der Waals surface area contributed by atoms with E-state index in [2.05, 4.69) is 0 Å². The Hall–Kier alpha value is -1.53. The predicted molar refractivity (Wildman–Crippen MR) is 70.3 cm³/mol. The summed E-state index contributed by atoms with van der Waals surface area (Å²) in [5, 5.41) is 0. The molecule has 0 N–H and O–H groups in total. The normalized spacial score (nSPS) is 21.3. The number of carbonyl (C=O) groups is 2. The van der Waals surface area contributed by atoms with Crippen LogP contribution in [-0.2, 0) is 9.59 Å². The van der Waals surface area contributed by atoms with Gasteiger partial charge in [0, 0.05) is 26.2 Å². The van der Waals surface area contributed by atoms with Crippen LogP contribution >= 0.6 is 0 Å². The maximum Gasteiger partial charge on any atom is 0.471 e. The molecule has 0 aromatic rings. The largest absolute Gasteiger partial charge is 0.471 e. The molecule has 1 saturated carbocycles. The average molecular weight is 304 g/mol. The van der Waals surface area contributed by atoms with Crippen LogP contribution in [0.5, 0.6) is 0 Å². The number of allylic oxidation sites excluding steroid dienone is 1. The van der Waals surface area contributed by atoms with Crippen LogP contribution in [0.15, 0.2) is 12.2 Å². The maximum absolute atomic E-state index is 12.3. The van der Waals surface area contributed by atoms with Gasteiger partial charge in [0.2, 0.25) is 5.91 Å². The van der Waals surface area contributed by atoms with E-state index in [0.29, 0.717) is 5.92 Å². The van der Waals surface area contributed by atoms with E-state index >= 15 is 0 Å². The van der Waals surface area contributed by atoms with Crippen molar-refractivity contribution in [3.63, 3.8) is 0 Å². The smallest absolute Gasteiger partial charge is 0.336 e. The number of hydrogen-bond acceptors (Lipinski definition) is 2. The molecule has 2 fully saturated rings. The van der Waals surface area contributed by atoms with Crippen LogP contribution in [0.2, 0.25) is 0 Å². The summed E-state index contributed by atoms with van der Waals surface area (Å²) in [5.41, 5.74) is 0. The van der Waals surface area contributed by atoms with Crippen molar-refractivity contribution >= 4 is 11.8 Å². The Bertz CT molecular complexity index is 420. The van der Waals surface area contributed by atoms with Gasteiger partial charge in [-0.1, -0.05) is 18.9 Å². The molecule has 1 saturated heterocycles. The molecule has 0 radical (unpaired) electrons. The standard InChI is InChI=1S/C14H19F3N2O2/c15-14(16,17)13(21)19-9-7-18(8-10-19)12(20)6-5-11-3-1-2-4-11/h5-6,11H,1-4,7-10H2/b6-5+. The highest BCUT2D eigenvalue weighted by Crippen LogP contribution is 2.25. The molecule has 7 heteroatoms. The van der Waals surface area contributed by atoms with E-state index in [4.69, 9.17) is 0 Å². The second-order valence-electron chi connectivity index (χ2n) is 5.52. The predicted octanol–water partition coefficient (Wildman–Crippen LogP) is 1.97. The number of amides is 2. The molecule has 1 aliphatic carbocycles. The van der Waals surface area contributed by atoms with Gasteiger partial charge < -0.3 is 9.80 Å². The number of nitrogens with zero attached hydrogens (tertiary/aromatic N) is 2. The SMILES string of the molecule is O=C(/C=C/C1CCCC1)N1CCN(C(=O)C(F)(F)F)CC1. The lowest BCUT2D eigenvalue weighted by atomic mass is 10.1. The summed E-state index contributed by atoms with van der Waals surface area (Å²) >= 11 is 0. The van der Waals surface area contributed by atoms with E-state index in [1.165, 1.54) is 23.8 Å². The Kier molecular flexibility index (Phi) is 4.90. The molecule has 0 bridgehead atoms. The van der Waals surface area contributed by atoms with E-state index in [-0.39, 0.29) is 32.1 Å². The zero-order chi connectivity index (χ0) is 15.5. The zero-order valence-electron chi connectivity index (χ0n) is 11.7. The fourth-order valence-electron chi connectivity index (χ4n) is 2.78. The molecule has 21 heavy (non-hydrogen) atoms. The van der Waals surface area contributed by atoms with Crippen LogP contribution in [-0.4, -0.2) is 54.0 Å². The molecule has 1 aliphatic heterocycles. The molecule has 118 valence electrons. The van der Waals surface area contributed by atoms with Gasteiger partial charge in [0.25, 0.3) is 0 Å². The minimum absolute atomic E-state index is 0.0681. The third-order valence-electron chi connectivity index (χ3n) is 4.03. The van der Waals surface area contributed by atoms with Crippen molar-refractivity contribution in [3.8, 4) is 0 Å². The van der Waals surface area contributed by atoms with Crippen LogP contribution in [0, 0.1) is 5.92 Å². The van der Waals surface area contributed by atoms with Gasteiger partial charge in [-0.15, -0.1) is 0 Å². The first-order valence-electron chi connectivity index (χ1n) is 7.21. The van der Waals surface area contributed by atoms with Gasteiger partial charge in [0.1, 0.15) is 0 Å². The minimum Gasteiger partial charge on any atom is -0.336 e. The summed E-state index contributed by atoms with van der Waals surface area (Å²) in [6, 6.07) is 0. The first-order chi connectivity index (χ1) is 9.88. The fraction of sp³-hybridized carbons (Fsp3) is 0.714. The topological polar surface area (TPSA) is 40.6 Å². The zero-order valence-corrected chi connectivity index (χ0v) is 11.7. The Labute approximate surface area is 121 Å². The average Bonchev–Trinajstić information content (AvgIpc) is 2.96. The van der Waals surface area contributed by atoms with Gasteiger partial charge >= 0.3 is 12.1 Å². The molecule has 0 spiro atoms. The molecular weight excluding hydrogens is 285 g/mol. The van der Waals surface area contributed by atoms with Crippen molar-refractivity contribution < 1.29 is 22.8 Å². The van der Waals surface area contributed by atoms with Crippen LogP contribution in [0.1, 0.15) is 25.7 Å². The number of halogens is 3. The second-order valence-corrected chi connectivity index (χ2v) is 5.52. The molecule has 2 aliphatic rings. The van der Waals surface area contributed by atoms with Crippen molar-refractivity contribution in [1.29, 1.82) is 0 Å². The maximum atomic E-state index is 12.3. The van der Waals surface area contributed by atoms with Gasteiger partial charge in [-0.25, -0.2) is 0 Å². The monoisotopic (exact) mass is 304 g/mol. The molecular formula is C14H19F3N2O2. The molecule has 0 aromatic carbocycles. The van der Waals surface area contributed by atoms with Crippen molar-refractivity contribution in [2.75, 3.05) is 26.2 Å². The summed E-state index contributed by atoms with van der Waals surface area (Å²) in [6.45, 7) is 0.161. The first kappa shape index (κ1) is 15.9. The third kappa shape index (κ3) is 4.22. The molecule has 4 nitrogen and oxygen atoms in total. The van der Waals surface area contributed by atoms with E-state index in [9.17, 15) is 22.8 Å². The quantitative estimate of drug-likeness (QED) is 0.732. The molecule has 0 unspecified atom stereocenters. The van der Waals surface area contributed by atoms with Crippen molar-refractivity contribution in [1.82, 2.24) is 9.80 Å². The van der Waals surface area contributed by atoms with Gasteiger partial charge in [0.05, 0.1) is 0 Å². The number of piperazine rings is 1. The molecule has 2 rings (SSSR count). The first-order valence-corrected chi connectivity index (χ1v) is 7.21. The van der Waals surface area contributed by atoms with Gasteiger partial charge in [0.15, 0.2) is 0 Å². The van der Waals surface area contributed by atoms with Crippen LogP contribution < -0.4 is 0 Å². The summed E-state index contributed by atoms with van der Waals surface area (Å²) in [4.78, 5) is 25.3. The minimum atomic E-state index is -4.84. The second kappa shape index (κ2) is 6.49. The van der Waals surface area contributed by atoms with Crippen LogP contribution in [0.4, 0.5) is 13.2 Å². The Morgan fingerprint density at radius 3 is 2.00 bits per heavy atom. The Morgan fingerprint density at radius 2 is 1.48 bits per heavy atom. The number of hydrogen-bond donors (Lipinski definition) is 0. The molecule has 1 heterocycles. The number of alkyl halides is 3. The molecule has 0 aromatic heterocycles. The van der Waals surface area contributed by atoms with E-state index in [1.807, 2.05) is 6.08 Å². The highest BCUT2D eigenvalue weighted by molar-refractivity contribution is 5.88.